The van der Waals surface area contributed by atoms with Crippen LogP contribution in [0.1, 0.15) is 16.1 Å². The monoisotopic (exact) mass is 389 g/mol. The van der Waals surface area contributed by atoms with Crippen molar-refractivity contribution in [3.8, 4) is 11.1 Å². The minimum atomic E-state index is -0.289. The maximum atomic E-state index is 12.9. The minimum Gasteiger partial charge on any atom is -0.306 e. The summed E-state index contributed by atoms with van der Waals surface area (Å²) in [6.07, 6.45) is 0. The van der Waals surface area contributed by atoms with E-state index in [1.165, 1.54) is 22.9 Å². The molecular weight excluding hydrogens is 378 g/mol. The van der Waals surface area contributed by atoms with Gasteiger partial charge in [-0.3, -0.25) is 9.48 Å². The van der Waals surface area contributed by atoms with Crippen LogP contribution in [0, 0.1) is 6.92 Å². The van der Waals surface area contributed by atoms with Gasteiger partial charge in [0, 0.05) is 12.6 Å². The first-order valence-electron chi connectivity index (χ1n) is 7.37. The molecular formula is C16H12ClN5OS2. The fourth-order valence-corrected chi connectivity index (χ4v) is 4.90. The number of amides is 1. The quantitative estimate of drug-likeness (QED) is 0.564. The van der Waals surface area contributed by atoms with Crippen molar-refractivity contribution in [3.63, 3.8) is 0 Å². The van der Waals surface area contributed by atoms with Crippen LogP contribution in [0.2, 0.25) is 4.34 Å². The Bertz CT molecular complexity index is 1080. The smallest absolute Gasteiger partial charge is 0.260 e. The predicted molar refractivity (Wildman–Crippen MR) is 102 cm³/mol. The highest BCUT2D eigenvalue weighted by atomic mass is 35.5. The molecule has 0 unspecified atom stereocenters. The van der Waals surface area contributed by atoms with Crippen LogP contribution in [-0.2, 0) is 7.05 Å². The Morgan fingerprint density at radius 2 is 2.04 bits per heavy atom. The Kier molecular flexibility index (Phi) is 4.03. The average Bonchev–Trinajstić information content (AvgIpc) is 3.21. The van der Waals surface area contributed by atoms with Gasteiger partial charge in [0.25, 0.3) is 5.91 Å². The second-order valence-electron chi connectivity index (χ2n) is 5.41. The van der Waals surface area contributed by atoms with Gasteiger partial charge in [-0.15, -0.1) is 5.10 Å². The Labute approximate surface area is 156 Å². The first kappa shape index (κ1) is 16.2. The molecule has 0 atom stereocenters. The number of rotatable bonds is 3. The number of nitrogens with one attached hydrogen (secondary N) is 1. The van der Waals surface area contributed by atoms with Crippen LogP contribution in [0.5, 0.6) is 0 Å². The van der Waals surface area contributed by atoms with Gasteiger partial charge in [0.2, 0.25) is 0 Å². The normalized spacial score (nSPS) is 11.2. The van der Waals surface area contributed by atoms with Crippen LogP contribution in [0.25, 0.3) is 20.7 Å². The molecule has 0 fully saturated rings. The van der Waals surface area contributed by atoms with Crippen molar-refractivity contribution in [2.75, 3.05) is 5.32 Å². The number of hydrogen-bond donors (Lipinski definition) is 1. The first-order valence-corrected chi connectivity index (χ1v) is 9.33. The second-order valence-corrected chi connectivity index (χ2v) is 7.77. The average molecular weight is 390 g/mol. The van der Waals surface area contributed by atoms with Crippen LogP contribution in [0.4, 0.5) is 5.82 Å². The van der Waals surface area contributed by atoms with Crippen molar-refractivity contribution in [3.05, 3.63) is 45.9 Å². The zero-order valence-corrected chi connectivity index (χ0v) is 15.7. The lowest BCUT2D eigenvalue weighted by Crippen LogP contribution is -2.15. The molecule has 4 aromatic rings. The molecule has 6 nitrogen and oxygen atoms in total. The lowest BCUT2D eigenvalue weighted by molar-refractivity contribution is 0.102. The van der Waals surface area contributed by atoms with E-state index >= 15 is 0 Å². The van der Waals surface area contributed by atoms with E-state index in [1.807, 2.05) is 37.3 Å². The number of aryl methyl sites for hydroxylation is 2. The molecule has 0 saturated carbocycles. The van der Waals surface area contributed by atoms with E-state index in [-0.39, 0.29) is 5.91 Å². The SMILES string of the molecule is Cc1nn(C)c(NC(=O)c2c(Cl)sc3nnsc23)c1-c1ccccc1. The number of fused-ring (bicyclic) bond motifs is 1. The molecule has 3 aromatic heterocycles. The number of aromatic nitrogens is 4. The van der Waals surface area contributed by atoms with E-state index in [1.54, 1.807) is 11.7 Å². The van der Waals surface area contributed by atoms with E-state index in [9.17, 15) is 4.79 Å². The Balaban J connectivity index is 1.78. The molecule has 0 spiro atoms. The van der Waals surface area contributed by atoms with Gasteiger partial charge >= 0.3 is 0 Å². The molecule has 3 heterocycles. The van der Waals surface area contributed by atoms with Crippen LogP contribution in [0.3, 0.4) is 0 Å². The van der Waals surface area contributed by atoms with E-state index in [2.05, 4.69) is 20.0 Å². The molecule has 0 aliphatic rings. The van der Waals surface area contributed by atoms with E-state index in [4.69, 9.17) is 11.6 Å². The largest absolute Gasteiger partial charge is 0.306 e. The van der Waals surface area contributed by atoms with E-state index < -0.39 is 0 Å². The Morgan fingerprint density at radius 1 is 1.28 bits per heavy atom. The van der Waals surface area contributed by atoms with Crippen molar-refractivity contribution >= 4 is 55.7 Å². The molecule has 0 aliphatic heterocycles. The number of carbonyl (C=O) groups excluding carboxylic acids is 1. The fourth-order valence-electron chi connectivity index (χ4n) is 2.74. The molecule has 0 radical (unpaired) electrons. The molecule has 4 rings (SSSR count). The molecule has 9 heteroatoms. The highest BCUT2D eigenvalue weighted by molar-refractivity contribution is 7.27. The van der Waals surface area contributed by atoms with Gasteiger partial charge in [0.05, 0.1) is 11.3 Å². The summed E-state index contributed by atoms with van der Waals surface area (Å²) in [5, 5.41) is 11.4. The van der Waals surface area contributed by atoms with Gasteiger partial charge in [0.15, 0.2) is 4.83 Å². The minimum absolute atomic E-state index is 0.289. The summed E-state index contributed by atoms with van der Waals surface area (Å²) in [5.41, 5.74) is 3.13. The van der Waals surface area contributed by atoms with Crippen molar-refractivity contribution in [2.45, 2.75) is 6.92 Å². The number of hydrogen-bond acceptors (Lipinski definition) is 6. The van der Waals surface area contributed by atoms with Crippen LogP contribution >= 0.6 is 34.5 Å². The van der Waals surface area contributed by atoms with Crippen LogP contribution < -0.4 is 5.32 Å². The maximum Gasteiger partial charge on any atom is 0.260 e. The second kappa shape index (κ2) is 6.21. The number of anilines is 1. The molecule has 126 valence electrons. The summed E-state index contributed by atoms with van der Waals surface area (Å²) < 4.78 is 6.66. The number of halogens is 1. The molecule has 1 amide bonds. The summed E-state index contributed by atoms with van der Waals surface area (Å²) in [6, 6.07) is 9.84. The number of benzene rings is 1. The molecule has 1 aromatic carbocycles. The molecule has 0 aliphatic carbocycles. The third kappa shape index (κ3) is 2.72. The molecule has 1 N–H and O–H groups in total. The van der Waals surface area contributed by atoms with Crippen LogP contribution in [0.15, 0.2) is 30.3 Å². The Morgan fingerprint density at radius 3 is 2.80 bits per heavy atom. The van der Waals surface area contributed by atoms with Gasteiger partial charge in [-0.1, -0.05) is 57.8 Å². The first-order chi connectivity index (χ1) is 12.1. The van der Waals surface area contributed by atoms with E-state index in [0.717, 1.165) is 16.8 Å². The Hall–Kier alpha value is -2.29. The highest BCUT2D eigenvalue weighted by Crippen LogP contribution is 2.37. The zero-order valence-electron chi connectivity index (χ0n) is 13.3. The van der Waals surface area contributed by atoms with Gasteiger partial charge in [-0.2, -0.15) is 5.10 Å². The standard InChI is InChI=1S/C16H12ClN5OS2/c1-8-10(9-6-4-3-5-7-9)14(22(2)20-8)18-15(23)11-12-16(19-21-25-12)24-13(11)17/h3-7H,1-2H3,(H,18,23). The lowest BCUT2D eigenvalue weighted by Gasteiger charge is -2.09. The molecule has 25 heavy (non-hydrogen) atoms. The van der Waals surface area contributed by atoms with Crippen molar-refractivity contribution in [2.24, 2.45) is 7.05 Å². The van der Waals surface area contributed by atoms with Gasteiger partial charge in [-0.25, -0.2) is 0 Å². The summed E-state index contributed by atoms with van der Waals surface area (Å²) in [6.45, 7) is 1.92. The summed E-state index contributed by atoms with van der Waals surface area (Å²) in [5.74, 6) is 0.337. The molecule has 0 saturated heterocycles. The van der Waals surface area contributed by atoms with Crippen LogP contribution in [-0.4, -0.2) is 25.3 Å². The van der Waals surface area contributed by atoms with Gasteiger partial charge < -0.3 is 5.32 Å². The third-order valence-corrected chi connectivity index (χ3v) is 5.97. The summed E-state index contributed by atoms with van der Waals surface area (Å²) >= 11 is 8.66. The summed E-state index contributed by atoms with van der Waals surface area (Å²) in [7, 11) is 1.80. The number of carbonyl (C=O) groups is 1. The zero-order chi connectivity index (χ0) is 17.6. The van der Waals surface area contributed by atoms with Gasteiger partial charge in [-0.05, 0) is 24.0 Å². The lowest BCUT2D eigenvalue weighted by atomic mass is 10.1. The number of nitrogens with zero attached hydrogens (tertiary/aromatic N) is 4. The third-order valence-electron chi connectivity index (χ3n) is 3.81. The molecule has 0 bridgehead atoms. The van der Waals surface area contributed by atoms with Crippen molar-refractivity contribution in [1.82, 2.24) is 19.4 Å². The fraction of sp³-hybridized carbons (Fsp3) is 0.125. The predicted octanol–water partition coefficient (Wildman–Crippen LogP) is 4.37. The maximum absolute atomic E-state index is 12.9. The van der Waals surface area contributed by atoms with E-state index in [0.29, 0.717) is 25.2 Å². The topological polar surface area (TPSA) is 72.7 Å². The highest BCUT2D eigenvalue weighted by Gasteiger charge is 2.24. The van der Waals surface area contributed by atoms with Crippen molar-refractivity contribution in [1.29, 1.82) is 0 Å². The number of thiophene rings is 1. The van der Waals surface area contributed by atoms with Crippen molar-refractivity contribution < 1.29 is 4.79 Å². The summed E-state index contributed by atoms with van der Waals surface area (Å²) in [4.78, 5) is 13.5. The van der Waals surface area contributed by atoms with Gasteiger partial charge in [0.1, 0.15) is 14.9 Å².